The van der Waals surface area contributed by atoms with E-state index in [2.05, 4.69) is 26.1 Å². The van der Waals surface area contributed by atoms with Crippen molar-refractivity contribution in [3.05, 3.63) is 35.9 Å². The number of nitrogens with one attached hydrogen (secondary N) is 1. The molecule has 0 aromatic heterocycles. The Kier molecular flexibility index (Phi) is 8.06. The number of hydrogen-bond acceptors (Lipinski definition) is 5. The van der Waals surface area contributed by atoms with Gasteiger partial charge in [0.1, 0.15) is 5.78 Å². The molecule has 4 saturated carbocycles. The maximum Gasteiger partial charge on any atom is 0.220 e. The van der Waals surface area contributed by atoms with Crippen LogP contribution in [0.2, 0.25) is 0 Å². The van der Waals surface area contributed by atoms with Gasteiger partial charge in [0.25, 0.3) is 0 Å². The number of carbonyl (C=O) groups is 2. The first kappa shape index (κ1) is 28.8. The third-order valence-electron chi connectivity index (χ3n) is 12.0. The summed E-state index contributed by atoms with van der Waals surface area (Å²) < 4.78 is 34.5. The zero-order valence-corrected chi connectivity index (χ0v) is 24.7. The van der Waals surface area contributed by atoms with Gasteiger partial charge in [0.2, 0.25) is 5.91 Å². The highest BCUT2D eigenvalue weighted by Crippen LogP contribution is 2.68. The second kappa shape index (κ2) is 10.9. The zero-order chi connectivity index (χ0) is 28.0. The van der Waals surface area contributed by atoms with Crippen molar-refractivity contribution in [3.63, 3.8) is 0 Å². The van der Waals surface area contributed by atoms with Crippen LogP contribution in [0.5, 0.6) is 0 Å². The van der Waals surface area contributed by atoms with Gasteiger partial charge in [-0.3, -0.25) is 9.59 Å². The second-order valence-corrected chi connectivity index (χ2v) is 15.3. The number of benzene rings is 1. The Balaban J connectivity index is 1.21. The lowest BCUT2D eigenvalue weighted by atomic mass is 9.44. The average molecular weight is 557 g/mol. The molecule has 4 aliphatic carbocycles. The first-order valence-electron chi connectivity index (χ1n) is 15.2. The van der Waals surface area contributed by atoms with Crippen molar-refractivity contribution in [2.75, 3.05) is 5.75 Å². The summed E-state index contributed by atoms with van der Waals surface area (Å²) in [7, 11) is -4.49. The highest BCUT2D eigenvalue weighted by atomic mass is 32.2. The quantitative estimate of drug-likeness (QED) is 0.394. The molecular formula is C32H46NO5S-. The van der Waals surface area contributed by atoms with E-state index in [0.29, 0.717) is 46.4 Å². The first-order valence-corrected chi connectivity index (χ1v) is 16.8. The molecule has 216 valence electrons. The van der Waals surface area contributed by atoms with Crippen molar-refractivity contribution < 1.29 is 22.6 Å². The number of rotatable bonds is 8. The fraction of sp³-hybridized carbons (Fsp3) is 0.750. The van der Waals surface area contributed by atoms with Crippen LogP contribution in [0.15, 0.2) is 30.3 Å². The Labute approximate surface area is 234 Å². The van der Waals surface area contributed by atoms with E-state index in [1.54, 1.807) is 24.3 Å². The Morgan fingerprint density at radius 3 is 2.46 bits per heavy atom. The van der Waals surface area contributed by atoms with Gasteiger partial charge in [0.05, 0.1) is 21.9 Å². The van der Waals surface area contributed by atoms with E-state index in [0.717, 1.165) is 43.4 Å². The van der Waals surface area contributed by atoms with Gasteiger partial charge in [0, 0.05) is 19.3 Å². The Bertz CT molecular complexity index is 1170. The molecule has 1 aromatic carbocycles. The first-order chi connectivity index (χ1) is 18.4. The normalized spacial score (nSPS) is 37.7. The Hall–Kier alpha value is -1.73. The minimum absolute atomic E-state index is 0.194. The summed E-state index contributed by atoms with van der Waals surface area (Å²) in [4.78, 5) is 25.1. The number of hydrogen-bond donors (Lipinski definition) is 1. The van der Waals surface area contributed by atoms with Crippen molar-refractivity contribution >= 4 is 21.8 Å². The molecule has 4 fully saturated rings. The summed E-state index contributed by atoms with van der Waals surface area (Å²) in [5.74, 6) is 3.45. The van der Waals surface area contributed by atoms with Crippen LogP contribution in [-0.4, -0.2) is 30.4 Å². The van der Waals surface area contributed by atoms with Crippen molar-refractivity contribution in [2.24, 2.45) is 46.3 Å². The molecule has 7 heteroatoms. The SMILES string of the molecule is C[C@H](CCC(=O)N[C@@H](CS(=O)(=O)[O-])c1ccccc1)[C@H]1CC[C@H]2[C@@H]3CC[C@@H]4CC(=O)CC[C@]4(C)[C@H]3CC[C@]12C. The molecule has 39 heavy (non-hydrogen) atoms. The standard InChI is InChI=1S/C32H47NO5S/c1-21(9-14-30(35)33-29(20-39(36,37)38)22-7-5-4-6-8-22)26-12-13-27-25-11-10-23-19-24(34)15-17-31(23,2)28(25)16-18-32(26,27)3/h4-8,21,23,25-29H,9-20H2,1-3H3,(H,33,35)(H,36,37,38)/p-1/t21-,23-,25+,26-,27+,28+,29+,31+,32-/m1/s1. The molecule has 0 radical (unpaired) electrons. The van der Waals surface area contributed by atoms with Gasteiger partial charge in [-0.15, -0.1) is 0 Å². The second-order valence-electron chi connectivity index (χ2n) is 13.9. The fourth-order valence-electron chi connectivity index (χ4n) is 9.96. The molecule has 0 spiro atoms. The predicted octanol–water partition coefficient (Wildman–Crippen LogP) is 6.03. The summed E-state index contributed by atoms with van der Waals surface area (Å²) in [5.41, 5.74) is 1.26. The van der Waals surface area contributed by atoms with Crippen LogP contribution in [0.3, 0.4) is 0 Å². The topological polar surface area (TPSA) is 103 Å². The number of fused-ring (bicyclic) bond motifs is 5. The van der Waals surface area contributed by atoms with Crippen LogP contribution < -0.4 is 5.32 Å². The van der Waals surface area contributed by atoms with E-state index in [1.165, 1.54) is 38.5 Å². The monoisotopic (exact) mass is 556 g/mol. The van der Waals surface area contributed by atoms with Crippen LogP contribution in [0.1, 0.15) is 103 Å². The molecule has 0 bridgehead atoms. The molecule has 5 rings (SSSR count). The fourth-order valence-corrected chi connectivity index (χ4v) is 10.6. The summed E-state index contributed by atoms with van der Waals surface area (Å²) in [6.45, 7) is 7.31. The lowest BCUT2D eigenvalue weighted by molar-refractivity contribution is -0.140. The van der Waals surface area contributed by atoms with Gasteiger partial charge in [-0.25, -0.2) is 8.42 Å². The molecule has 1 amide bonds. The van der Waals surface area contributed by atoms with Crippen LogP contribution in [0, 0.1) is 46.3 Å². The summed E-state index contributed by atoms with van der Waals surface area (Å²) in [5, 5.41) is 2.83. The largest absolute Gasteiger partial charge is 0.748 e. The molecule has 0 saturated heterocycles. The maximum atomic E-state index is 12.9. The molecule has 1 N–H and O–H groups in total. The van der Waals surface area contributed by atoms with E-state index < -0.39 is 21.9 Å². The van der Waals surface area contributed by atoms with Crippen LogP contribution in [0.4, 0.5) is 0 Å². The minimum atomic E-state index is -4.49. The van der Waals surface area contributed by atoms with Crippen molar-refractivity contribution in [1.82, 2.24) is 5.32 Å². The van der Waals surface area contributed by atoms with E-state index in [4.69, 9.17) is 0 Å². The van der Waals surface area contributed by atoms with Crippen molar-refractivity contribution in [1.29, 1.82) is 0 Å². The highest BCUT2D eigenvalue weighted by molar-refractivity contribution is 7.85. The number of carbonyl (C=O) groups excluding carboxylic acids is 2. The van der Waals surface area contributed by atoms with Crippen molar-refractivity contribution in [2.45, 2.75) is 97.4 Å². The maximum absolute atomic E-state index is 12.9. The van der Waals surface area contributed by atoms with Gasteiger partial charge in [0.15, 0.2) is 0 Å². The van der Waals surface area contributed by atoms with E-state index in [1.807, 2.05) is 6.07 Å². The molecule has 0 unspecified atom stereocenters. The third kappa shape index (κ3) is 5.72. The number of Topliss-reactive ketones (excluding diaryl/α,β-unsaturated/α-hetero) is 1. The average Bonchev–Trinajstić information content (AvgIpc) is 3.24. The lowest BCUT2D eigenvalue weighted by Crippen LogP contribution is -2.53. The molecule has 0 heterocycles. The third-order valence-corrected chi connectivity index (χ3v) is 12.7. The van der Waals surface area contributed by atoms with Gasteiger partial charge in [-0.1, -0.05) is 51.1 Å². The molecule has 4 aliphatic rings. The highest BCUT2D eigenvalue weighted by Gasteiger charge is 2.60. The number of ketones is 1. The van der Waals surface area contributed by atoms with Crippen LogP contribution in [-0.2, 0) is 19.7 Å². The number of amides is 1. The summed E-state index contributed by atoms with van der Waals surface area (Å²) in [6.07, 6.45) is 11.2. The Morgan fingerprint density at radius 2 is 1.74 bits per heavy atom. The lowest BCUT2D eigenvalue weighted by Gasteiger charge is -2.60. The molecule has 6 nitrogen and oxygen atoms in total. The van der Waals surface area contributed by atoms with Gasteiger partial charge in [-0.05, 0) is 103 Å². The predicted molar refractivity (Wildman–Crippen MR) is 151 cm³/mol. The van der Waals surface area contributed by atoms with Gasteiger partial charge < -0.3 is 9.87 Å². The molecule has 1 aromatic rings. The van der Waals surface area contributed by atoms with E-state index in [-0.39, 0.29) is 5.91 Å². The van der Waals surface area contributed by atoms with Crippen LogP contribution in [0.25, 0.3) is 0 Å². The van der Waals surface area contributed by atoms with Crippen LogP contribution >= 0.6 is 0 Å². The minimum Gasteiger partial charge on any atom is -0.748 e. The van der Waals surface area contributed by atoms with E-state index >= 15 is 0 Å². The molecule has 9 atom stereocenters. The summed E-state index contributed by atoms with van der Waals surface area (Å²) in [6, 6.07) is 8.04. The molecule has 0 aliphatic heterocycles. The summed E-state index contributed by atoms with van der Waals surface area (Å²) >= 11 is 0. The van der Waals surface area contributed by atoms with Gasteiger partial charge >= 0.3 is 0 Å². The molecular weight excluding hydrogens is 510 g/mol. The van der Waals surface area contributed by atoms with E-state index in [9.17, 15) is 22.6 Å². The Morgan fingerprint density at radius 1 is 1.03 bits per heavy atom. The zero-order valence-electron chi connectivity index (χ0n) is 23.9. The van der Waals surface area contributed by atoms with Crippen molar-refractivity contribution in [3.8, 4) is 0 Å². The smallest absolute Gasteiger partial charge is 0.220 e. The van der Waals surface area contributed by atoms with Gasteiger partial charge in [-0.2, -0.15) is 0 Å².